The largest absolute Gasteiger partial charge is 0.504 e. The molecule has 0 aliphatic heterocycles. The Morgan fingerprint density at radius 2 is 2.18 bits per heavy atom. The van der Waals surface area contributed by atoms with Crippen molar-refractivity contribution in [2.75, 3.05) is 12.3 Å². The minimum Gasteiger partial charge on any atom is -0.504 e. The highest BCUT2D eigenvalue weighted by atomic mass is 32.2. The number of carbonyl (C=O) groups is 1. The molecule has 1 amide bonds. The summed E-state index contributed by atoms with van der Waals surface area (Å²) in [5.74, 6) is -1.41. The summed E-state index contributed by atoms with van der Waals surface area (Å²) < 4.78 is 36.8. The van der Waals surface area contributed by atoms with Gasteiger partial charge in [-0.1, -0.05) is 0 Å². The Kier molecular flexibility index (Phi) is 4.59. The number of nitrogens with one attached hydrogen (secondary N) is 1. The van der Waals surface area contributed by atoms with Crippen molar-refractivity contribution in [2.45, 2.75) is 5.51 Å². The van der Waals surface area contributed by atoms with E-state index in [4.69, 9.17) is 0 Å². The first-order valence-electron chi connectivity index (χ1n) is 5.98. The summed E-state index contributed by atoms with van der Waals surface area (Å²) >= 11 is -0.267. The maximum atomic E-state index is 12.1. The third kappa shape index (κ3) is 3.70. The molecule has 0 fully saturated rings. The van der Waals surface area contributed by atoms with Crippen LogP contribution in [0.25, 0.3) is 5.65 Å². The lowest BCUT2D eigenvalue weighted by Crippen LogP contribution is -2.33. The van der Waals surface area contributed by atoms with Crippen LogP contribution in [0.15, 0.2) is 29.3 Å². The van der Waals surface area contributed by atoms with Crippen LogP contribution >= 0.6 is 11.8 Å². The number of fused-ring (bicyclic) bond motifs is 1. The molecular weight excluding hydrogens is 323 g/mol. The van der Waals surface area contributed by atoms with Gasteiger partial charge in [-0.05, 0) is 23.9 Å². The third-order valence-electron chi connectivity index (χ3n) is 2.61. The van der Waals surface area contributed by atoms with Crippen molar-refractivity contribution < 1.29 is 23.1 Å². The van der Waals surface area contributed by atoms with E-state index in [0.717, 1.165) is 10.6 Å². The van der Waals surface area contributed by atoms with Gasteiger partial charge in [0.25, 0.3) is 11.5 Å². The third-order valence-corrected chi connectivity index (χ3v) is 3.35. The van der Waals surface area contributed by atoms with Gasteiger partial charge in [-0.15, -0.1) is 0 Å². The molecule has 2 aromatic rings. The van der Waals surface area contributed by atoms with E-state index in [9.17, 15) is 27.9 Å². The number of aromatic hydroxyl groups is 1. The molecule has 22 heavy (non-hydrogen) atoms. The highest BCUT2D eigenvalue weighted by molar-refractivity contribution is 8.00. The van der Waals surface area contributed by atoms with Crippen LogP contribution < -0.4 is 10.9 Å². The number of hydrogen-bond acceptors (Lipinski definition) is 5. The molecule has 2 N–H and O–H groups in total. The number of nitrogens with zero attached hydrogens (tertiary/aromatic N) is 2. The number of hydrogen-bond donors (Lipinski definition) is 2. The fraction of sp³-hybridized carbons (Fsp3) is 0.250. The minimum absolute atomic E-state index is 0.0170. The number of aromatic nitrogens is 2. The van der Waals surface area contributed by atoms with E-state index in [1.165, 1.54) is 18.3 Å². The van der Waals surface area contributed by atoms with E-state index in [1.54, 1.807) is 0 Å². The zero-order valence-corrected chi connectivity index (χ0v) is 11.7. The first kappa shape index (κ1) is 16.1. The second kappa shape index (κ2) is 6.26. The van der Waals surface area contributed by atoms with E-state index < -0.39 is 17.0 Å². The molecule has 0 saturated carbocycles. The smallest absolute Gasteiger partial charge is 0.441 e. The quantitative estimate of drug-likeness (QED) is 0.826. The van der Waals surface area contributed by atoms with Crippen LogP contribution in [0.2, 0.25) is 0 Å². The van der Waals surface area contributed by atoms with Crippen LogP contribution in [0, 0.1) is 0 Å². The number of thioether (sulfide) groups is 1. The van der Waals surface area contributed by atoms with Gasteiger partial charge < -0.3 is 10.4 Å². The van der Waals surface area contributed by atoms with Gasteiger partial charge in [0.1, 0.15) is 5.56 Å². The number of rotatable bonds is 4. The maximum absolute atomic E-state index is 12.1. The van der Waals surface area contributed by atoms with Gasteiger partial charge in [-0.2, -0.15) is 13.2 Å². The molecular formula is C12H10F3N3O3S. The van der Waals surface area contributed by atoms with Crippen molar-refractivity contribution >= 4 is 23.3 Å². The van der Waals surface area contributed by atoms with Crippen molar-refractivity contribution in [1.82, 2.24) is 14.7 Å². The molecule has 0 spiro atoms. The fourth-order valence-electron chi connectivity index (χ4n) is 1.67. The summed E-state index contributed by atoms with van der Waals surface area (Å²) in [5.41, 5.74) is -5.43. The second-order valence-corrected chi connectivity index (χ2v) is 5.27. The van der Waals surface area contributed by atoms with E-state index in [-0.39, 0.29) is 41.0 Å². The topological polar surface area (TPSA) is 83.7 Å². The molecule has 0 saturated heterocycles. The standard InChI is InChI=1S/C12H10F3N3O3S/c13-12(14,15)22-5-3-16-10(20)7-6-17-9-8(19)2-1-4-18(9)11(7)21/h1-2,4,6,19H,3,5H2,(H,16,20). The molecule has 2 heterocycles. The lowest BCUT2D eigenvalue weighted by atomic mass is 10.3. The predicted molar refractivity (Wildman–Crippen MR) is 74.0 cm³/mol. The van der Waals surface area contributed by atoms with E-state index >= 15 is 0 Å². The van der Waals surface area contributed by atoms with E-state index in [2.05, 4.69) is 10.3 Å². The molecule has 0 aliphatic carbocycles. The van der Waals surface area contributed by atoms with E-state index in [0.29, 0.717) is 0 Å². The van der Waals surface area contributed by atoms with Crippen molar-refractivity contribution in [2.24, 2.45) is 0 Å². The lowest BCUT2D eigenvalue weighted by molar-refractivity contribution is -0.0327. The Balaban J connectivity index is 2.12. The Labute approximate surface area is 126 Å². The normalized spacial score (nSPS) is 11.6. The SMILES string of the molecule is O=C(NCCSC(F)(F)F)c1cnc2c(O)cccn2c1=O. The second-order valence-electron chi connectivity index (χ2n) is 4.11. The lowest BCUT2D eigenvalue weighted by Gasteiger charge is -2.08. The van der Waals surface area contributed by atoms with Crippen LogP contribution in [-0.2, 0) is 0 Å². The summed E-state index contributed by atoms with van der Waals surface area (Å²) in [6, 6.07) is 2.73. The van der Waals surface area contributed by atoms with Crippen LogP contribution in [0.3, 0.4) is 0 Å². The molecule has 0 aromatic carbocycles. The molecule has 0 atom stereocenters. The van der Waals surface area contributed by atoms with Crippen molar-refractivity contribution in [3.63, 3.8) is 0 Å². The van der Waals surface area contributed by atoms with Gasteiger partial charge in [-0.25, -0.2) is 4.98 Å². The molecule has 0 unspecified atom stereocenters. The number of carbonyl (C=O) groups excluding carboxylic acids is 1. The highest BCUT2D eigenvalue weighted by Gasteiger charge is 2.27. The van der Waals surface area contributed by atoms with Crippen LogP contribution in [0.4, 0.5) is 13.2 Å². The zero-order chi connectivity index (χ0) is 16.3. The van der Waals surface area contributed by atoms with Crippen LogP contribution in [0.5, 0.6) is 5.75 Å². The van der Waals surface area contributed by atoms with Crippen LogP contribution in [0.1, 0.15) is 10.4 Å². The number of halogens is 3. The summed E-state index contributed by atoms with van der Waals surface area (Å²) in [4.78, 5) is 27.7. The van der Waals surface area contributed by atoms with Gasteiger partial charge in [0.2, 0.25) is 0 Å². The number of amides is 1. The average Bonchev–Trinajstić information content (AvgIpc) is 2.44. The van der Waals surface area contributed by atoms with Gasteiger partial charge >= 0.3 is 5.51 Å². The summed E-state index contributed by atoms with van der Waals surface area (Å²) in [6.45, 7) is -0.245. The summed E-state index contributed by atoms with van der Waals surface area (Å²) in [6.07, 6.45) is 2.30. The number of alkyl halides is 3. The molecule has 0 bridgehead atoms. The van der Waals surface area contributed by atoms with Gasteiger partial charge in [-0.3, -0.25) is 14.0 Å². The molecule has 118 valence electrons. The molecule has 0 aliphatic rings. The molecule has 0 radical (unpaired) electrons. The first-order chi connectivity index (χ1) is 10.3. The summed E-state index contributed by atoms with van der Waals surface area (Å²) in [7, 11) is 0. The zero-order valence-electron chi connectivity index (χ0n) is 10.9. The minimum atomic E-state index is -4.37. The van der Waals surface area contributed by atoms with Gasteiger partial charge in [0, 0.05) is 24.7 Å². The van der Waals surface area contributed by atoms with Gasteiger partial charge in [0.05, 0.1) is 0 Å². The predicted octanol–water partition coefficient (Wildman–Crippen LogP) is 1.38. The van der Waals surface area contributed by atoms with Crippen molar-refractivity contribution in [1.29, 1.82) is 0 Å². The Morgan fingerprint density at radius 1 is 1.45 bits per heavy atom. The highest BCUT2D eigenvalue weighted by Crippen LogP contribution is 2.29. The molecule has 2 aromatic heterocycles. The monoisotopic (exact) mass is 333 g/mol. The first-order valence-corrected chi connectivity index (χ1v) is 6.96. The molecule has 2 rings (SSSR count). The van der Waals surface area contributed by atoms with Crippen molar-refractivity contribution in [3.05, 3.63) is 40.4 Å². The number of pyridine rings is 1. The average molecular weight is 333 g/mol. The molecule has 6 nitrogen and oxygen atoms in total. The fourth-order valence-corrected chi connectivity index (χ4v) is 2.11. The van der Waals surface area contributed by atoms with Crippen molar-refractivity contribution in [3.8, 4) is 5.75 Å². The summed E-state index contributed by atoms with van der Waals surface area (Å²) in [5, 5.41) is 11.8. The Bertz CT molecular complexity index is 761. The van der Waals surface area contributed by atoms with E-state index in [1.807, 2.05) is 0 Å². The Morgan fingerprint density at radius 3 is 2.86 bits per heavy atom. The van der Waals surface area contributed by atoms with Gasteiger partial charge in [0.15, 0.2) is 11.4 Å². The maximum Gasteiger partial charge on any atom is 0.441 e. The van der Waals surface area contributed by atoms with Crippen LogP contribution in [-0.4, -0.2) is 38.2 Å². The molecule has 10 heteroatoms. The Hall–Kier alpha value is -2.23.